The van der Waals surface area contributed by atoms with Crippen LogP contribution in [0.15, 0.2) is 47.8 Å². The third-order valence-electron chi connectivity index (χ3n) is 3.71. The number of hydrogen-bond acceptors (Lipinski definition) is 6. The number of hydrogen-bond donors (Lipinski definition) is 2. The van der Waals surface area contributed by atoms with Gasteiger partial charge in [-0.3, -0.25) is 10.2 Å². The van der Waals surface area contributed by atoms with Crippen LogP contribution in [0.1, 0.15) is 44.4 Å². The number of amides is 1. The lowest BCUT2D eigenvalue weighted by Crippen LogP contribution is -2.31. The van der Waals surface area contributed by atoms with E-state index in [1.165, 1.54) is 6.33 Å². The lowest BCUT2D eigenvalue weighted by molar-refractivity contribution is -0.120. The highest BCUT2D eigenvalue weighted by molar-refractivity contribution is 5.95. The zero-order chi connectivity index (χ0) is 19.9. The first-order valence-corrected chi connectivity index (χ1v) is 8.62. The Morgan fingerprint density at radius 1 is 1.37 bits per heavy atom. The SMILES string of the molecule is Cc1ccc(C=C(O/N=C\C(CC(C)(C)C)n2cncn2)C(=O)NN)cc1. The van der Waals surface area contributed by atoms with E-state index >= 15 is 0 Å². The number of nitrogens with zero attached hydrogens (tertiary/aromatic N) is 4. The summed E-state index contributed by atoms with van der Waals surface area (Å²) >= 11 is 0. The highest BCUT2D eigenvalue weighted by Crippen LogP contribution is 2.26. The van der Waals surface area contributed by atoms with Gasteiger partial charge in [0.25, 0.3) is 0 Å². The Kier molecular flexibility index (Phi) is 6.84. The van der Waals surface area contributed by atoms with Gasteiger partial charge in [-0.1, -0.05) is 55.8 Å². The molecular formula is C19H26N6O2. The molecule has 1 aromatic carbocycles. The van der Waals surface area contributed by atoms with Crippen molar-refractivity contribution < 1.29 is 9.63 Å². The van der Waals surface area contributed by atoms with Crippen molar-refractivity contribution in [2.75, 3.05) is 0 Å². The van der Waals surface area contributed by atoms with E-state index in [-0.39, 0.29) is 17.2 Å². The van der Waals surface area contributed by atoms with E-state index in [4.69, 9.17) is 10.7 Å². The monoisotopic (exact) mass is 370 g/mol. The molecule has 0 saturated carbocycles. The fraction of sp³-hybridized carbons (Fsp3) is 0.368. The minimum absolute atomic E-state index is 0.00861. The molecule has 1 amide bonds. The van der Waals surface area contributed by atoms with Crippen LogP contribution in [0, 0.1) is 12.3 Å². The summed E-state index contributed by atoms with van der Waals surface area (Å²) in [4.78, 5) is 21.3. The van der Waals surface area contributed by atoms with Crippen LogP contribution in [-0.2, 0) is 9.63 Å². The molecule has 27 heavy (non-hydrogen) atoms. The predicted molar refractivity (Wildman–Crippen MR) is 104 cm³/mol. The number of nitrogens with one attached hydrogen (secondary N) is 1. The highest BCUT2D eigenvalue weighted by atomic mass is 16.6. The molecule has 0 spiro atoms. The molecule has 0 aliphatic carbocycles. The zero-order valence-electron chi connectivity index (χ0n) is 16.1. The average molecular weight is 370 g/mol. The molecule has 0 aliphatic heterocycles. The van der Waals surface area contributed by atoms with E-state index in [9.17, 15) is 4.79 Å². The van der Waals surface area contributed by atoms with E-state index in [2.05, 4.69) is 41.4 Å². The van der Waals surface area contributed by atoms with Crippen molar-refractivity contribution in [1.29, 1.82) is 0 Å². The van der Waals surface area contributed by atoms with Gasteiger partial charge in [0.1, 0.15) is 12.7 Å². The van der Waals surface area contributed by atoms with Gasteiger partial charge in [-0.05, 0) is 30.4 Å². The molecule has 1 atom stereocenters. The molecule has 2 aromatic rings. The maximum atomic E-state index is 12.0. The van der Waals surface area contributed by atoms with Crippen LogP contribution in [0.25, 0.3) is 6.08 Å². The Hall–Kier alpha value is -3.00. The molecule has 8 heteroatoms. The standard InChI is InChI=1S/C19H26N6O2/c1-14-5-7-15(8-6-14)9-17(18(26)24-20)27-23-11-16(10-19(2,3)4)25-13-21-12-22-25/h5-9,11-13,16H,10,20H2,1-4H3,(H,24,26)/b17-9?,23-11-. The number of benzene rings is 1. The zero-order valence-corrected chi connectivity index (χ0v) is 16.1. The van der Waals surface area contributed by atoms with Gasteiger partial charge in [0.05, 0.1) is 12.3 Å². The number of carbonyl (C=O) groups is 1. The van der Waals surface area contributed by atoms with Crippen LogP contribution in [-0.4, -0.2) is 26.9 Å². The number of aryl methyl sites for hydroxylation is 1. The molecule has 0 fully saturated rings. The van der Waals surface area contributed by atoms with E-state index in [1.807, 2.05) is 31.2 Å². The van der Waals surface area contributed by atoms with Gasteiger partial charge in [0.15, 0.2) is 0 Å². The molecule has 0 radical (unpaired) electrons. The molecule has 8 nitrogen and oxygen atoms in total. The lowest BCUT2D eigenvalue weighted by atomic mass is 9.88. The van der Waals surface area contributed by atoms with Gasteiger partial charge < -0.3 is 4.84 Å². The van der Waals surface area contributed by atoms with Crippen LogP contribution in [0.2, 0.25) is 0 Å². The van der Waals surface area contributed by atoms with Gasteiger partial charge in [-0.25, -0.2) is 15.5 Å². The van der Waals surface area contributed by atoms with Crippen molar-refractivity contribution >= 4 is 18.2 Å². The number of nitrogens with two attached hydrogens (primary N) is 1. The van der Waals surface area contributed by atoms with Gasteiger partial charge >= 0.3 is 5.91 Å². The van der Waals surface area contributed by atoms with Crippen LogP contribution in [0.3, 0.4) is 0 Å². The van der Waals surface area contributed by atoms with Gasteiger partial charge in [0, 0.05) is 0 Å². The summed E-state index contributed by atoms with van der Waals surface area (Å²) < 4.78 is 1.70. The minimum atomic E-state index is -0.569. The third-order valence-corrected chi connectivity index (χ3v) is 3.71. The van der Waals surface area contributed by atoms with Crippen molar-refractivity contribution in [2.24, 2.45) is 16.4 Å². The molecule has 0 aliphatic rings. The minimum Gasteiger partial charge on any atom is -0.351 e. The molecular weight excluding hydrogens is 344 g/mol. The third kappa shape index (κ3) is 6.67. The molecule has 3 N–H and O–H groups in total. The molecule has 1 unspecified atom stereocenters. The van der Waals surface area contributed by atoms with Crippen molar-refractivity contribution in [3.8, 4) is 0 Å². The van der Waals surface area contributed by atoms with E-state index < -0.39 is 5.91 Å². The smallest absolute Gasteiger partial charge is 0.303 e. The second-order valence-electron chi connectivity index (χ2n) is 7.45. The topological polar surface area (TPSA) is 107 Å². The van der Waals surface area contributed by atoms with Crippen LogP contribution in [0.5, 0.6) is 0 Å². The van der Waals surface area contributed by atoms with Crippen molar-refractivity contribution in [3.05, 3.63) is 53.8 Å². The van der Waals surface area contributed by atoms with Gasteiger partial charge in [-0.15, -0.1) is 0 Å². The summed E-state index contributed by atoms with van der Waals surface area (Å²) in [6.45, 7) is 8.35. The average Bonchev–Trinajstić information content (AvgIpc) is 3.14. The Balaban J connectivity index is 2.18. The maximum absolute atomic E-state index is 12.0. The largest absolute Gasteiger partial charge is 0.351 e. The summed E-state index contributed by atoms with van der Waals surface area (Å²) in [5.41, 5.74) is 4.03. The molecule has 0 bridgehead atoms. The Bertz CT molecular complexity index is 789. The lowest BCUT2D eigenvalue weighted by Gasteiger charge is -2.23. The summed E-state index contributed by atoms with van der Waals surface area (Å²) in [6.07, 6.45) is 7.04. The second-order valence-corrected chi connectivity index (χ2v) is 7.45. The highest BCUT2D eigenvalue weighted by Gasteiger charge is 2.20. The van der Waals surface area contributed by atoms with Crippen LogP contribution < -0.4 is 11.3 Å². The number of aromatic nitrogens is 3. The summed E-state index contributed by atoms with van der Waals surface area (Å²) in [6, 6.07) is 7.48. The number of hydrazine groups is 1. The van der Waals surface area contributed by atoms with Crippen molar-refractivity contribution in [3.63, 3.8) is 0 Å². The first-order chi connectivity index (χ1) is 12.8. The van der Waals surface area contributed by atoms with Crippen LogP contribution in [0.4, 0.5) is 0 Å². The van der Waals surface area contributed by atoms with Crippen molar-refractivity contribution in [2.45, 2.75) is 40.2 Å². The molecule has 1 aromatic heterocycles. The van der Waals surface area contributed by atoms with E-state index in [0.29, 0.717) is 0 Å². The summed E-state index contributed by atoms with van der Waals surface area (Å²) in [5.74, 6) is 4.67. The number of rotatable bonds is 7. The quantitative estimate of drug-likeness (QED) is 0.194. The molecule has 1 heterocycles. The van der Waals surface area contributed by atoms with Gasteiger partial charge in [0.2, 0.25) is 5.76 Å². The predicted octanol–water partition coefficient (Wildman–Crippen LogP) is 2.60. The summed E-state index contributed by atoms with van der Waals surface area (Å²) in [5, 5.41) is 8.17. The molecule has 2 rings (SSSR count). The Morgan fingerprint density at radius 2 is 2.07 bits per heavy atom. The first-order valence-electron chi connectivity index (χ1n) is 8.62. The number of carbonyl (C=O) groups excluding carboxylic acids is 1. The molecule has 0 saturated heterocycles. The maximum Gasteiger partial charge on any atom is 0.303 e. The normalized spacial score (nSPS) is 13.6. The Morgan fingerprint density at radius 3 is 2.63 bits per heavy atom. The fourth-order valence-electron chi connectivity index (χ4n) is 2.41. The molecule has 144 valence electrons. The summed E-state index contributed by atoms with van der Waals surface area (Å²) in [7, 11) is 0. The van der Waals surface area contributed by atoms with Crippen LogP contribution >= 0.6 is 0 Å². The van der Waals surface area contributed by atoms with E-state index in [1.54, 1.807) is 23.3 Å². The Labute approximate surface area is 159 Å². The van der Waals surface area contributed by atoms with Gasteiger partial charge in [-0.2, -0.15) is 5.10 Å². The van der Waals surface area contributed by atoms with E-state index in [0.717, 1.165) is 17.5 Å². The second kappa shape index (κ2) is 9.09. The fourth-order valence-corrected chi connectivity index (χ4v) is 2.41. The first kappa shape index (κ1) is 20.3. The van der Waals surface area contributed by atoms with Crippen molar-refractivity contribution in [1.82, 2.24) is 20.2 Å². The number of oxime groups is 1.